The first-order valence-electron chi connectivity index (χ1n) is 16.6. The molecule has 3 nitrogen and oxygen atoms in total. The van der Waals surface area contributed by atoms with Crippen molar-refractivity contribution < 1.29 is 8.83 Å². The summed E-state index contributed by atoms with van der Waals surface area (Å²) in [4.78, 5) is 2.33. The van der Waals surface area contributed by atoms with Crippen LogP contribution < -0.4 is 4.90 Å². The Morgan fingerprint density at radius 1 is 0.388 bits per heavy atom. The third-order valence-corrected chi connectivity index (χ3v) is 9.65. The van der Waals surface area contributed by atoms with Crippen LogP contribution in [0.25, 0.3) is 76.9 Å². The van der Waals surface area contributed by atoms with Gasteiger partial charge in [-0.15, -0.1) is 0 Å². The van der Waals surface area contributed by atoms with E-state index in [1.165, 1.54) is 11.1 Å². The number of rotatable bonds is 5. The first-order valence-corrected chi connectivity index (χ1v) is 16.6. The van der Waals surface area contributed by atoms with Crippen LogP contribution >= 0.6 is 0 Å². The van der Waals surface area contributed by atoms with E-state index in [0.29, 0.717) is 0 Å². The molecule has 0 saturated heterocycles. The highest BCUT2D eigenvalue weighted by molar-refractivity contribution is 6.24. The third kappa shape index (κ3) is 4.37. The second kappa shape index (κ2) is 11.0. The van der Waals surface area contributed by atoms with E-state index in [1.807, 2.05) is 12.1 Å². The zero-order valence-corrected chi connectivity index (χ0v) is 26.5. The Hall–Kier alpha value is -6.58. The molecule has 0 aliphatic heterocycles. The molecule has 0 unspecified atom stereocenters. The Morgan fingerprint density at radius 3 is 1.84 bits per heavy atom. The highest BCUT2D eigenvalue weighted by Gasteiger charge is 2.24. The van der Waals surface area contributed by atoms with Crippen LogP contribution in [0.5, 0.6) is 0 Å². The predicted molar refractivity (Wildman–Crippen MR) is 204 cm³/mol. The summed E-state index contributed by atoms with van der Waals surface area (Å²) in [5, 5.41) is 6.61. The van der Waals surface area contributed by atoms with Crippen LogP contribution in [0.2, 0.25) is 0 Å². The monoisotopic (exact) mass is 627 g/mol. The van der Waals surface area contributed by atoms with Crippen LogP contribution in [-0.2, 0) is 0 Å². The Kier molecular flexibility index (Phi) is 6.18. The van der Waals surface area contributed by atoms with Gasteiger partial charge in [0.15, 0.2) is 0 Å². The number of anilines is 3. The number of nitrogens with zero attached hydrogens (tertiary/aromatic N) is 1. The Balaban J connectivity index is 1.26. The lowest BCUT2D eigenvalue weighted by Gasteiger charge is -2.26. The second-order valence-corrected chi connectivity index (χ2v) is 12.5. The molecule has 0 aliphatic rings. The number of hydrogen-bond donors (Lipinski definition) is 0. The summed E-state index contributed by atoms with van der Waals surface area (Å²) in [6.07, 6.45) is 0. The van der Waals surface area contributed by atoms with Crippen molar-refractivity contribution in [3.63, 3.8) is 0 Å². The maximum Gasteiger partial charge on any atom is 0.144 e. The van der Waals surface area contributed by atoms with Gasteiger partial charge in [0.2, 0.25) is 0 Å². The first kappa shape index (κ1) is 27.5. The smallest absolute Gasteiger partial charge is 0.144 e. The molecule has 0 spiro atoms. The number of hydrogen-bond acceptors (Lipinski definition) is 3. The SMILES string of the molecule is c1ccc(-c2ccc(N(c3ccccc3)c3cccc4oc5c(-c6cccc7c6oc6ccccc67)c6ccccc6cc5c34)cc2)cc1. The van der Waals surface area contributed by atoms with E-state index in [-0.39, 0.29) is 0 Å². The molecule has 0 amide bonds. The van der Waals surface area contributed by atoms with E-state index in [9.17, 15) is 0 Å². The zero-order valence-electron chi connectivity index (χ0n) is 26.5. The molecule has 0 radical (unpaired) electrons. The van der Waals surface area contributed by atoms with Gasteiger partial charge in [0, 0.05) is 38.7 Å². The van der Waals surface area contributed by atoms with E-state index in [0.717, 1.165) is 82.8 Å². The fourth-order valence-electron chi connectivity index (χ4n) is 7.44. The molecule has 0 aliphatic carbocycles. The minimum absolute atomic E-state index is 0.836. The van der Waals surface area contributed by atoms with Crippen LogP contribution in [0.3, 0.4) is 0 Å². The number of fused-ring (bicyclic) bond motifs is 7. The summed E-state index contributed by atoms with van der Waals surface area (Å²) in [6, 6.07) is 61.8. The quantitative estimate of drug-likeness (QED) is 0.190. The lowest BCUT2D eigenvalue weighted by molar-refractivity contribution is 0.665. The van der Waals surface area contributed by atoms with Crippen molar-refractivity contribution in [1.29, 1.82) is 0 Å². The molecule has 3 heteroatoms. The molecule has 2 heterocycles. The maximum absolute atomic E-state index is 6.94. The van der Waals surface area contributed by atoms with Gasteiger partial charge in [-0.25, -0.2) is 0 Å². The number of para-hydroxylation sites is 3. The van der Waals surface area contributed by atoms with Crippen LogP contribution in [0.4, 0.5) is 17.1 Å². The summed E-state index contributed by atoms with van der Waals surface area (Å²) in [5.41, 5.74) is 11.1. The van der Waals surface area contributed by atoms with Crippen molar-refractivity contribution in [3.05, 3.63) is 176 Å². The van der Waals surface area contributed by atoms with Crippen LogP contribution in [0.1, 0.15) is 0 Å². The highest BCUT2D eigenvalue weighted by Crippen LogP contribution is 2.48. The zero-order chi connectivity index (χ0) is 32.3. The van der Waals surface area contributed by atoms with Gasteiger partial charge in [-0.3, -0.25) is 0 Å². The van der Waals surface area contributed by atoms with Gasteiger partial charge in [0.25, 0.3) is 0 Å². The fraction of sp³-hybridized carbons (Fsp3) is 0. The molecular weight excluding hydrogens is 599 g/mol. The van der Waals surface area contributed by atoms with Crippen molar-refractivity contribution >= 4 is 71.7 Å². The average molecular weight is 628 g/mol. The largest absolute Gasteiger partial charge is 0.455 e. The number of furan rings is 2. The van der Waals surface area contributed by atoms with E-state index in [4.69, 9.17) is 8.83 Å². The van der Waals surface area contributed by atoms with E-state index in [1.54, 1.807) is 0 Å². The van der Waals surface area contributed by atoms with Gasteiger partial charge >= 0.3 is 0 Å². The summed E-state index contributed by atoms with van der Waals surface area (Å²) >= 11 is 0. The average Bonchev–Trinajstić information content (AvgIpc) is 3.74. The van der Waals surface area contributed by atoms with Gasteiger partial charge in [-0.2, -0.15) is 0 Å². The summed E-state index contributed by atoms with van der Waals surface area (Å²) in [6.45, 7) is 0. The molecule has 0 N–H and O–H groups in total. The summed E-state index contributed by atoms with van der Waals surface area (Å²) < 4.78 is 13.5. The Bertz CT molecular complexity index is 2810. The normalized spacial score (nSPS) is 11.7. The van der Waals surface area contributed by atoms with Gasteiger partial charge in [-0.05, 0) is 70.4 Å². The topological polar surface area (TPSA) is 29.5 Å². The molecule has 0 atom stereocenters. The van der Waals surface area contributed by atoms with E-state index < -0.39 is 0 Å². The standard InChI is InChI=1S/C46H29NO2/c1-3-13-30(14-4-1)31-25-27-34(28-26-31)47(33-16-5-2-6-17-33)40-22-12-24-42-44(40)39-29-32-15-7-8-18-35(32)43(46(39)49-42)38-21-11-20-37-36-19-9-10-23-41(36)48-45(37)38/h1-29H. The minimum atomic E-state index is 0.836. The van der Waals surface area contributed by atoms with Crippen molar-refractivity contribution in [2.24, 2.45) is 0 Å². The second-order valence-electron chi connectivity index (χ2n) is 12.5. The molecule has 0 saturated carbocycles. The molecular formula is C46H29NO2. The molecule has 0 bridgehead atoms. The van der Waals surface area contributed by atoms with Gasteiger partial charge in [-0.1, -0.05) is 127 Å². The van der Waals surface area contributed by atoms with E-state index in [2.05, 4.69) is 169 Å². The third-order valence-electron chi connectivity index (χ3n) is 9.65. The van der Waals surface area contributed by atoms with Crippen molar-refractivity contribution in [1.82, 2.24) is 0 Å². The molecule has 0 fully saturated rings. The fourth-order valence-corrected chi connectivity index (χ4v) is 7.44. The molecule has 49 heavy (non-hydrogen) atoms. The number of benzene rings is 8. The summed E-state index contributed by atoms with van der Waals surface area (Å²) in [5.74, 6) is 0. The summed E-state index contributed by atoms with van der Waals surface area (Å²) in [7, 11) is 0. The first-order chi connectivity index (χ1) is 24.3. The Labute approximate surface area is 282 Å². The van der Waals surface area contributed by atoms with Crippen molar-refractivity contribution in [2.75, 3.05) is 4.90 Å². The highest BCUT2D eigenvalue weighted by atomic mass is 16.3. The maximum atomic E-state index is 6.94. The van der Waals surface area contributed by atoms with Crippen molar-refractivity contribution in [3.8, 4) is 22.3 Å². The van der Waals surface area contributed by atoms with Crippen LogP contribution in [0.15, 0.2) is 185 Å². The van der Waals surface area contributed by atoms with Gasteiger partial charge in [0.1, 0.15) is 22.3 Å². The molecule has 10 aromatic rings. The van der Waals surface area contributed by atoms with Crippen LogP contribution in [-0.4, -0.2) is 0 Å². The Morgan fingerprint density at radius 2 is 1.00 bits per heavy atom. The van der Waals surface area contributed by atoms with Gasteiger partial charge < -0.3 is 13.7 Å². The van der Waals surface area contributed by atoms with Gasteiger partial charge in [0.05, 0.1) is 11.1 Å². The molecule has 8 aromatic carbocycles. The lowest BCUT2D eigenvalue weighted by atomic mass is 9.93. The molecule has 2 aromatic heterocycles. The predicted octanol–water partition coefficient (Wildman–Crippen LogP) is 13.4. The van der Waals surface area contributed by atoms with E-state index >= 15 is 0 Å². The molecule has 230 valence electrons. The molecule has 10 rings (SSSR count). The lowest BCUT2D eigenvalue weighted by Crippen LogP contribution is -2.10. The minimum Gasteiger partial charge on any atom is -0.455 e. The van der Waals surface area contributed by atoms with Crippen molar-refractivity contribution in [2.45, 2.75) is 0 Å². The van der Waals surface area contributed by atoms with Crippen LogP contribution in [0, 0.1) is 0 Å².